The minimum Gasteiger partial charge on any atom is -0.366 e. The van der Waals surface area contributed by atoms with E-state index in [1.54, 1.807) is 10.9 Å². The molecule has 0 spiro atoms. The van der Waals surface area contributed by atoms with Crippen molar-refractivity contribution in [1.82, 2.24) is 9.78 Å². The third-order valence-corrected chi connectivity index (χ3v) is 4.82. The summed E-state index contributed by atoms with van der Waals surface area (Å²) in [6.07, 6.45) is 5.65. The van der Waals surface area contributed by atoms with Crippen LogP contribution < -0.4 is 5.32 Å². The molecule has 6 heteroatoms. The molecule has 0 aromatic carbocycles. The maximum absolute atomic E-state index is 11.6. The number of anilines is 1. The Hall–Kier alpha value is -1.04. The number of hydrogen-bond acceptors (Lipinski definition) is 4. The average molecular weight is 243 g/mol. The van der Waals surface area contributed by atoms with E-state index in [0.717, 1.165) is 25.1 Å². The van der Waals surface area contributed by atoms with Crippen LogP contribution in [0.1, 0.15) is 19.3 Å². The third kappa shape index (κ3) is 2.21. The molecule has 0 saturated heterocycles. The Kier molecular flexibility index (Phi) is 2.92. The van der Waals surface area contributed by atoms with Crippen molar-refractivity contribution >= 4 is 15.7 Å². The lowest BCUT2D eigenvalue weighted by Gasteiger charge is -2.20. The van der Waals surface area contributed by atoms with Crippen molar-refractivity contribution in [2.24, 2.45) is 7.05 Å². The number of rotatable bonds is 3. The Labute approximate surface area is 95.8 Å². The topological polar surface area (TPSA) is 64.0 Å². The zero-order chi connectivity index (χ0) is 11.8. The molecule has 1 N–H and O–H groups in total. The van der Waals surface area contributed by atoms with Crippen LogP contribution in [0.4, 0.5) is 5.82 Å². The SMILES string of the molecule is Cn1nccc1NC1CCCC1S(C)(=O)=O. The highest BCUT2D eigenvalue weighted by atomic mass is 32.2. The monoisotopic (exact) mass is 243 g/mol. The standard InChI is InChI=1S/C10H17N3O2S/c1-13-10(6-7-11-13)12-8-4-3-5-9(8)16(2,14)15/h6-9,12H,3-5H2,1-2H3. The quantitative estimate of drug-likeness (QED) is 0.853. The molecular formula is C10H17N3O2S. The highest BCUT2D eigenvalue weighted by Crippen LogP contribution is 2.27. The summed E-state index contributed by atoms with van der Waals surface area (Å²) in [5, 5.41) is 7.06. The number of aryl methyl sites for hydroxylation is 1. The molecule has 0 aliphatic heterocycles. The molecule has 2 atom stereocenters. The van der Waals surface area contributed by atoms with Crippen molar-refractivity contribution < 1.29 is 8.42 Å². The van der Waals surface area contributed by atoms with Crippen molar-refractivity contribution in [2.75, 3.05) is 11.6 Å². The van der Waals surface area contributed by atoms with Crippen LogP contribution in [0, 0.1) is 0 Å². The van der Waals surface area contributed by atoms with Crippen molar-refractivity contribution in [2.45, 2.75) is 30.6 Å². The van der Waals surface area contributed by atoms with Gasteiger partial charge in [0.2, 0.25) is 0 Å². The largest absolute Gasteiger partial charge is 0.366 e. The summed E-state index contributed by atoms with van der Waals surface area (Å²) in [5.41, 5.74) is 0. The van der Waals surface area contributed by atoms with Gasteiger partial charge in [0.1, 0.15) is 5.82 Å². The van der Waals surface area contributed by atoms with Gasteiger partial charge in [-0.2, -0.15) is 5.10 Å². The predicted octanol–water partition coefficient (Wildman–Crippen LogP) is 0.798. The third-order valence-electron chi connectivity index (χ3n) is 3.16. The first-order chi connectivity index (χ1) is 7.48. The van der Waals surface area contributed by atoms with Crippen LogP contribution in [0.5, 0.6) is 0 Å². The second-order valence-corrected chi connectivity index (χ2v) is 6.65. The van der Waals surface area contributed by atoms with Gasteiger partial charge in [0.05, 0.1) is 11.4 Å². The molecule has 0 bridgehead atoms. The van der Waals surface area contributed by atoms with E-state index in [-0.39, 0.29) is 11.3 Å². The van der Waals surface area contributed by atoms with E-state index in [4.69, 9.17) is 0 Å². The van der Waals surface area contributed by atoms with Crippen LogP contribution in [0.2, 0.25) is 0 Å². The highest BCUT2D eigenvalue weighted by molar-refractivity contribution is 7.91. The summed E-state index contributed by atoms with van der Waals surface area (Å²) in [4.78, 5) is 0. The molecule has 5 nitrogen and oxygen atoms in total. The molecule has 1 saturated carbocycles. The number of aromatic nitrogens is 2. The number of nitrogens with one attached hydrogen (secondary N) is 1. The molecule has 1 aromatic heterocycles. The molecule has 1 fully saturated rings. The molecule has 0 radical (unpaired) electrons. The van der Waals surface area contributed by atoms with E-state index < -0.39 is 9.84 Å². The van der Waals surface area contributed by atoms with E-state index in [0.29, 0.717) is 0 Å². The molecule has 90 valence electrons. The van der Waals surface area contributed by atoms with Crippen molar-refractivity contribution in [3.05, 3.63) is 12.3 Å². The minimum absolute atomic E-state index is 0.0189. The van der Waals surface area contributed by atoms with E-state index in [1.165, 1.54) is 6.26 Å². The maximum Gasteiger partial charge on any atom is 0.152 e. The zero-order valence-electron chi connectivity index (χ0n) is 9.55. The molecular weight excluding hydrogens is 226 g/mol. The fourth-order valence-electron chi connectivity index (χ4n) is 2.31. The summed E-state index contributed by atoms with van der Waals surface area (Å²) in [6, 6.07) is 1.88. The lowest BCUT2D eigenvalue weighted by Crippen LogP contribution is -2.34. The molecule has 16 heavy (non-hydrogen) atoms. The van der Waals surface area contributed by atoms with Crippen LogP contribution in [0.3, 0.4) is 0 Å². The van der Waals surface area contributed by atoms with Gasteiger partial charge in [0, 0.05) is 25.4 Å². The molecule has 1 aliphatic rings. The first-order valence-electron chi connectivity index (χ1n) is 5.42. The maximum atomic E-state index is 11.6. The Morgan fingerprint density at radius 2 is 2.25 bits per heavy atom. The van der Waals surface area contributed by atoms with Crippen LogP contribution in [-0.2, 0) is 16.9 Å². The van der Waals surface area contributed by atoms with Gasteiger partial charge in [-0.05, 0) is 19.3 Å². The van der Waals surface area contributed by atoms with E-state index in [9.17, 15) is 8.42 Å². The molecule has 1 aliphatic carbocycles. The highest BCUT2D eigenvalue weighted by Gasteiger charge is 2.34. The first-order valence-corrected chi connectivity index (χ1v) is 7.37. The van der Waals surface area contributed by atoms with Gasteiger partial charge >= 0.3 is 0 Å². The van der Waals surface area contributed by atoms with Gasteiger partial charge < -0.3 is 5.32 Å². The molecule has 1 aromatic rings. The van der Waals surface area contributed by atoms with Gasteiger partial charge in [-0.25, -0.2) is 8.42 Å². The molecule has 2 unspecified atom stereocenters. The molecule has 2 rings (SSSR count). The van der Waals surface area contributed by atoms with E-state index >= 15 is 0 Å². The predicted molar refractivity (Wildman–Crippen MR) is 63.1 cm³/mol. The molecule has 0 amide bonds. The van der Waals surface area contributed by atoms with Gasteiger partial charge in [-0.1, -0.05) is 0 Å². The van der Waals surface area contributed by atoms with E-state index in [2.05, 4.69) is 10.4 Å². The lowest BCUT2D eigenvalue weighted by atomic mass is 10.2. The second kappa shape index (κ2) is 4.08. The van der Waals surface area contributed by atoms with E-state index in [1.807, 2.05) is 13.1 Å². The number of sulfone groups is 1. The normalized spacial score (nSPS) is 25.9. The Bertz CT molecular complexity index is 466. The zero-order valence-corrected chi connectivity index (χ0v) is 10.4. The number of hydrogen-bond donors (Lipinski definition) is 1. The lowest BCUT2D eigenvalue weighted by molar-refractivity contribution is 0.578. The van der Waals surface area contributed by atoms with Crippen molar-refractivity contribution in [1.29, 1.82) is 0 Å². The second-order valence-electron chi connectivity index (χ2n) is 4.39. The minimum atomic E-state index is -2.96. The average Bonchev–Trinajstić information content (AvgIpc) is 2.76. The fraction of sp³-hybridized carbons (Fsp3) is 0.700. The number of nitrogens with zero attached hydrogens (tertiary/aromatic N) is 2. The van der Waals surface area contributed by atoms with Gasteiger partial charge in [0.15, 0.2) is 9.84 Å². The first kappa shape index (κ1) is 11.4. The van der Waals surface area contributed by atoms with Crippen LogP contribution in [-0.4, -0.2) is 35.7 Å². The summed E-state index contributed by atoms with van der Waals surface area (Å²) < 4.78 is 24.9. The summed E-state index contributed by atoms with van der Waals surface area (Å²) in [7, 11) is -1.12. The fourth-order valence-corrected chi connectivity index (χ4v) is 3.70. The summed E-state index contributed by atoms with van der Waals surface area (Å²) in [5.74, 6) is 0.876. The van der Waals surface area contributed by atoms with Gasteiger partial charge in [0.25, 0.3) is 0 Å². The van der Waals surface area contributed by atoms with Gasteiger partial charge in [-0.15, -0.1) is 0 Å². The van der Waals surface area contributed by atoms with Gasteiger partial charge in [-0.3, -0.25) is 4.68 Å². The smallest absolute Gasteiger partial charge is 0.152 e. The summed E-state index contributed by atoms with van der Waals surface area (Å²) in [6.45, 7) is 0. The van der Waals surface area contributed by atoms with Crippen molar-refractivity contribution in [3.63, 3.8) is 0 Å². The van der Waals surface area contributed by atoms with Crippen LogP contribution in [0.25, 0.3) is 0 Å². The van der Waals surface area contributed by atoms with Crippen molar-refractivity contribution in [3.8, 4) is 0 Å². The van der Waals surface area contributed by atoms with Crippen LogP contribution >= 0.6 is 0 Å². The van der Waals surface area contributed by atoms with Crippen LogP contribution in [0.15, 0.2) is 12.3 Å². The molecule has 1 heterocycles. The Morgan fingerprint density at radius 1 is 1.50 bits per heavy atom. The Morgan fingerprint density at radius 3 is 2.81 bits per heavy atom. The Balaban J connectivity index is 2.13. The summed E-state index contributed by atoms with van der Waals surface area (Å²) >= 11 is 0.